The van der Waals surface area contributed by atoms with Crippen molar-refractivity contribution in [1.82, 2.24) is 0 Å². The summed E-state index contributed by atoms with van der Waals surface area (Å²) in [6.45, 7) is 0.440. The molecule has 82 valence electrons. The lowest BCUT2D eigenvalue weighted by Crippen LogP contribution is -1.99. The molecule has 2 N–H and O–H groups in total. The van der Waals surface area contributed by atoms with E-state index >= 15 is 0 Å². The number of benzene rings is 2. The molecule has 1 atom stereocenters. The molecule has 2 rings (SSSR count). The van der Waals surface area contributed by atoms with Crippen molar-refractivity contribution in [2.45, 2.75) is 12.7 Å². The van der Waals surface area contributed by atoms with Gasteiger partial charge in [-0.05, 0) is 16.7 Å². The molecule has 0 heterocycles. The number of nitrogens with two attached hydrogens (primary N) is 1. The highest BCUT2D eigenvalue weighted by atomic mass is 19.1. The van der Waals surface area contributed by atoms with Crippen molar-refractivity contribution in [3.63, 3.8) is 0 Å². The molecule has 0 saturated heterocycles. The van der Waals surface area contributed by atoms with E-state index in [0.29, 0.717) is 17.7 Å². The normalized spacial score (nSPS) is 12.4. The second kappa shape index (κ2) is 4.90. The number of rotatable bonds is 3. The first-order valence-corrected chi connectivity index (χ1v) is 5.29. The van der Waals surface area contributed by atoms with Crippen LogP contribution in [0.1, 0.15) is 22.9 Å². The smallest absolute Gasteiger partial charge is 0.150 e. The third-order valence-electron chi connectivity index (χ3n) is 2.57. The minimum Gasteiger partial charge on any atom is -0.326 e. The first-order valence-electron chi connectivity index (χ1n) is 5.29. The molecule has 0 radical (unpaired) electrons. The Hall–Kier alpha value is -1.67. The molecule has 0 bridgehead atoms. The van der Waals surface area contributed by atoms with E-state index in [9.17, 15) is 4.39 Å². The highest BCUT2D eigenvalue weighted by molar-refractivity contribution is 5.32. The molecule has 0 fully saturated rings. The maximum absolute atomic E-state index is 14.1. The van der Waals surface area contributed by atoms with Crippen molar-refractivity contribution in [3.05, 3.63) is 71.3 Å². The van der Waals surface area contributed by atoms with Crippen LogP contribution in [-0.2, 0) is 6.54 Å². The van der Waals surface area contributed by atoms with E-state index in [1.54, 1.807) is 18.2 Å². The summed E-state index contributed by atoms with van der Waals surface area (Å²) in [4.78, 5) is 0. The molecular weight excluding hydrogens is 201 g/mol. The fourth-order valence-electron chi connectivity index (χ4n) is 1.69. The Morgan fingerprint density at radius 2 is 1.62 bits per heavy atom. The lowest BCUT2D eigenvalue weighted by Gasteiger charge is -2.09. The van der Waals surface area contributed by atoms with Crippen LogP contribution in [0.25, 0.3) is 0 Å². The van der Waals surface area contributed by atoms with Gasteiger partial charge < -0.3 is 5.73 Å². The van der Waals surface area contributed by atoms with Gasteiger partial charge in [-0.25, -0.2) is 4.39 Å². The molecule has 1 unspecified atom stereocenters. The van der Waals surface area contributed by atoms with Crippen LogP contribution in [0.3, 0.4) is 0 Å². The van der Waals surface area contributed by atoms with Crippen LogP contribution in [0.2, 0.25) is 0 Å². The highest BCUT2D eigenvalue weighted by Crippen LogP contribution is 2.26. The van der Waals surface area contributed by atoms with E-state index in [1.807, 2.05) is 36.4 Å². The Balaban J connectivity index is 2.30. The molecule has 0 aliphatic carbocycles. The molecule has 2 heteroatoms. The van der Waals surface area contributed by atoms with Crippen molar-refractivity contribution in [2.24, 2.45) is 5.73 Å². The van der Waals surface area contributed by atoms with Crippen molar-refractivity contribution >= 4 is 0 Å². The van der Waals surface area contributed by atoms with Crippen molar-refractivity contribution in [1.29, 1.82) is 0 Å². The SMILES string of the molecule is NCc1cccc(C(F)c2ccccc2)c1. The number of hydrogen-bond acceptors (Lipinski definition) is 1. The van der Waals surface area contributed by atoms with Gasteiger partial charge in [0.25, 0.3) is 0 Å². The molecule has 0 amide bonds. The fourth-order valence-corrected chi connectivity index (χ4v) is 1.69. The lowest BCUT2D eigenvalue weighted by molar-refractivity contribution is 0.402. The van der Waals surface area contributed by atoms with E-state index in [2.05, 4.69) is 0 Å². The molecule has 0 aliphatic heterocycles. The average Bonchev–Trinajstić information content (AvgIpc) is 2.39. The van der Waals surface area contributed by atoms with Gasteiger partial charge in [0.05, 0.1) is 0 Å². The lowest BCUT2D eigenvalue weighted by atomic mass is 10.0. The predicted molar refractivity (Wildman–Crippen MR) is 63.7 cm³/mol. The second-order valence-corrected chi connectivity index (χ2v) is 3.72. The molecule has 0 spiro atoms. The Labute approximate surface area is 94.7 Å². The van der Waals surface area contributed by atoms with Gasteiger partial charge in [0.2, 0.25) is 0 Å². The van der Waals surface area contributed by atoms with Crippen LogP contribution in [0.4, 0.5) is 4.39 Å². The first-order chi connectivity index (χ1) is 7.81. The summed E-state index contributed by atoms with van der Waals surface area (Å²) in [7, 11) is 0. The summed E-state index contributed by atoms with van der Waals surface area (Å²) in [5, 5.41) is 0. The van der Waals surface area contributed by atoms with Gasteiger partial charge in [-0.3, -0.25) is 0 Å². The summed E-state index contributed by atoms with van der Waals surface area (Å²) in [6, 6.07) is 16.5. The standard InChI is InChI=1S/C14H14FN/c15-14(12-6-2-1-3-7-12)13-8-4-5-11(9-13)10-16/h1-9,14H,10,16H2. The zero-order valence-electron chi connectivity index (χ0n) is 8.94. The summed E-state index contributed by atoms with van der Waals surface area (Å²) in [6.07, 6.45) is -1.08. The molecule has 0 aliphatic rings. The third-order valence-corrected chi connectivity index (χ3v) is 2.57. The number of alkyl halides is 1. The monoisotopic (exact) mass is 215 g/mol. The maximum Gasteiger partial charge on any atom is 0.150 e. The molecule has 2 aromatic carbocycles. The number of hydrogen-bond donors (Lipinski definition) is 1. The third kappa shape index (κ3) is 2.28. The van der Waals surface area contributed by atoms with Gasteiger partial charge in [-0.15, -0.1) is 0 Å². The average molecular weight is 215 g/mol. The summed E-state index contributed by atoms with van der Waals surface area (Å²) in [5.41, 5.74) is 7.83. The number of halogens is 1. The molecular formula is C14H14FN. The first kappa shape index (κ1) is 10.8. The summed E-state index contributed by atoms with van der Waals surface area (Å²) >= 11 is 0. The predicted octanol–water partition coefficient (Wildman–Crippen LogP) is 3.20. The Kier molecular flexibility index (Phi) is 3.32. The summed E-state index contributed by atoms with van der Waals surface area (Å²) in [5.74, 6) is 0. The van der Waals surface area contributed by atoms with Gasteiger partial charge >= 0.3 is 0 Å². The van der Waals surface area contributed by atoms with Crippen molar-refractivity contribution < 1.29 is 4.39 Å². The van der Waals surface area contributed by atoms with Crippen LogP contribution in [0, 0.1) is 0 Å². The highest BCUT2D eigenvalue weighted by Gasteiger charge is 2.11. The van der Waals surface area contributed by atoms with Crippen LogP contribution in [-0.4, -0.2) is 0 Å². The molecule has 0 saturated carbocycles. The topological polar surface area (TPSA) is 26.0 Å². The van der Waals surface area contributed by atoms with Gasteiger partial charge in [0, 0.05) is 6.54 Å². The zero-order chi connectivity index (χ0) is 11.4. The van der Waals surface area contributed by atoms with Crippen LogP contribution >= 0.6 is 0 Å². The van der Waals surface area contributed by atoms with E-state index < -0.39 is 6.17 Å². The quantitative estimate of drug-likeness (QED) is 0.836. The summed E-state index contributed by atoms with van der Waals surface area (Å²) < 4.78 is 14.1. The Morgan fingerprint density at radius 3 is 2.31 bits per heavy atom. The second-order valence-electron chi connectivity index (χ2n) is 3.72. The van der Waals surface area contributed by atoms with Crippen LogP contribution < -0.4 is 5.73 Å². The van der Waals surface area contributed by atoms with E-state index in [4.69, 9.17) is 5.73 Å². The minimum absolute atomic E-state index is 0.440. The minimum atomic E-state index is -1.08. The van der Waals surface area contributed by atoms with E-state index in [0.717, 1.165) is 5.56 Å². The Bertz CT molecular complexity index is 453. The Morgan fingerprint density at radius 1 is 0.938 bits per heavy atom. The molecule has 2 aromatic rings. The zero-order valence-corrected chi connectivity index (χ0v) is 8.94. The van der Waals surface area contributed by atoms with Crippen LogP contribution in [0.5, 0.6) is 0 Å². The molecule has 0 aromatic heterocycles. The largest absolute Gasteiger partial charge is 0.326 e. The van der Waals surface area contributed by atoms with Crippen LogP contribution in [0.15, 0.2) is 54.6 Å². The fraction of sp³-hybridized carbons (Fsp3) is 0.143. The van der Waals surface area contributed by atoms with Gasteiger partial charge in [0.15, 0.2) is 6.17 Å². The van der Waals surface area contributed by atoms with E-state index in [1.165, 1.54) is 0 Å². The van der Waals surface area contributed by atoms with E-state index in [-0.39, 0.29) is 0 Å². The van der Waals surface area contributed by atoms with Gasteiger partial charge in [0.1, 0.15) is 0 Å². The maximum atomic E-state index is 14.1. The van der Waals surface area contributed by atoms with Crippen molar-refractivity contribution in [3.8, 4) is 0 Å². The van der Waals surface area contributed by atoms with Crippen molar-refractivity contribution in [2.75, 3.05) is 0 Å². The molecule has 1 nitrogen and oxygen atoms in total. The molecule has 16 heavy (non-hydrogen) atoms. The van der Waals surface area contributed by atoms with Gasteiger partial charge in [-0.1, -0.05) is 54.6 Å². The van der Waals surface area contributed by atoms with Gasteiger partial charge in [-0.2, -0.15) is 0 Å².